The van der Waals surface area contributed by atoms with E-state index in [0.29, 0.717) is 19.8 Å². The molecule has 0 saturated carbocycles. The number of carbonyl (C=O) groups is 1. The number of nitrogens with two attached hydrogens (primary N) is 1. The lowest BCUT2D eigenvalue weighted by Gasteiger charge is -2.31. The number of rotatable bonds is 8. The lowest BCUT2D eigenvalue weighted by atomic mass is 9.92. The summed E-state index contributed by atoms with van der Waals surface area (Å²) in [5.41, 5.74) is 7.40. The largest absolute Gasteiger partial charge is 0.381 e. The molecule has 2 rings (SSSR count). The summed E-state index contributed by atoms with van der Waals surface area (Å²) in [6.07, 6.45) is 1.74. The van der Waals surface area contributed by atoms with Gasteiger partial charge in [-0.3, -0.25) is 9.69 Å². The van der Waals surface area contributed by atoms with Crippen molar-refractivity contribution in [3.05, 3.63) is 35.9 Å². The molecule has 0 aliphatic carbocycles. The molecule has 5 nitrogen and oxygen atoms in total. The zero-order valence-electron chi connectivity index (χ0n) is 15.7. The number of likely N-dealkylation sites (N-methyl/N-ethyl adjacent to an activating group) is 1. The average Bonchev–Trinajstić information content (AvgIpc) is 2.65. The first kappa shape index (κ1) is 25.1. The second kappa shape index (κ2) is 13.3. The summed E-state index contributed by atoms with van der Waals surface area (Å²) < 4.78 is 5.35. The third kappa shape index (κ3) is 7.05. The fourth-order valence-corrected chi connectivity index (χ4v) is 3.40. The first-order valence-electron chi connectivity index (χ1n) is 9.07. The van der Waals surface area contributed by atoms with Crippen LogP contribution in [-0.2, 0) is 9.53 Å². The van der Waals surface area contributed by atoms with E-state index in [0.717, 1.165) is 25.9 Å². The van der Waals surface area contributed by atoms with E-state index in [-0.39, 0.29) is 42.7 Å². The van der Waals surface area contributed by atoms with Crippen LogP contribution in [0.25, 0.3) is 0 Å². The molecule has 0 radical (unpaired) electrons. The highest BCUT2D eigenvalue weighted by Crippen LogP contribution is 2.21. The molecule has 1 heterocycles. The van der Waals surface area contributed by atoms with Gasteiger partial charge in [-0.15, -0.1) is 24.8 Å². The normalized spacial score (nSPS) is 16.9. The van der Waals surface area contributed by atoms with E-state index >= 15 is 0 Å². The van der Waals surface area contributed by atoms with Crippen LogP contribution in [0, 0.1) is 5.92 Å². The maximum absolute atomic E-state index is 12.5. The van der Waals surface area contributed by atoms with Gasteiger partial charge in [-0.05, 0) is 37.4 Å². The molecule has 2 atom stereocenters. The van der Waals surface area contributed by atoms with Crippen LogP contribution in [0.1, 0.15) is 38.3 Å². The average molecular weight is 406 g/mol. The van der Waals surface area contributed by atoms with Gasteiger partial charge in [0.05, 0.1) is 12.1 Å². The molecule has 2 unspecified atom stereocenters. The van der Waals surface area contributed by atoms with E-state index in [1.54, 1.807) is 0 Å². The predicted molar refractivity (Wildman–Crippen MR) is 111 cm³/mol. The van der Waals surface area contributed by atoms with E-state index in [4.69, 9.17) is 10.5 Å². The molecule has 26 heavy (non-hydrogen) atoms. The summed E-state index contributed by atoms with van der Waals surface area (Å²) in [5.74, 6) is 0.178. The zero-order chi connectivity index (χ0) is 17.4. The molecule has 1 aromatic rings. The molecule has 7 heteroatoms. The van der Waals surface area contributed by atoms with Crippen molar-refractivity contribution in [1.82, 2.24) is 10.2 Å². The van der Waals surface area contributed by atoms with E-state index < -0.39 is 6.04 Å². The van der Waals surface area contributed by atoms with Gasteiger partial charge in [0.1, 0.15) is 0 Å². The SMILES string of the molecule is CCN(CC)C(CNC(=O)C(N)C1CCOCC1)c1ccccc1.Cl.Cl. The molecule has 1 fully saturated rings. The molecule has 3 N–H and O–H groups in total. The van der Waals surface area contributed by atoms with Gasteiger partial charge in [-0.25, -0.2) is 0 Å². The second-order valence-electron chi connectivity index (χ2n) is 6.37. The van der Waals surface area contributed by atoms with Gasteiger partial charge < -0.3 is 15.8 Å². The molecule has 0 bridgehead atoms. The number of nitrogens with zero attached hydrogens (tertiary/aromatic N) is 1. The Balaban J connectivity index is 0.00000312. The van der Waals surface area contributed by atoms with Gasteiger partial charge in [-0.2, -0.15) is 0 Å². The van der Waals surface area contributed by atoms with E-state index in [2.05, 4.69) is 36.2 Å². The predicted octanol–water partition coefficient (Wildman–Crippen LogP) is 2.78. The Morgan fingerprint density at radius 2 is 1.77 bits per heavy atom. The summed E-state index contributed by atoms with van der Waals surface area (Å²) in [6.45, 7) is 8.18. The molecular weight excluding hydrogens is 373 g/mol. The highest BCUT2D eigenvalue weighted by atomic mass is 35.5. The zero-order valence-corrected chi connectivity index (χ0v) is 17.4. The maximum atomic E-state index is 12.5. The van der Waals surface area contributed by atoms with Gasteiger partial charge in [0, 0.05) is 19.8 Å². The van der Waals surface area contributed by atoms with Crippen molar-refractivity contribution in [2.24, 2.45) is 11.7 Å². The molecule has 1 saturated heterocycles. The minimum atomic E-state index is -0.443. The lowest BCUT2D eigenvalue weighted by Crippen LogP contribution is -2.49. The summed E-state index contributed by atoms with van der Waals surface area (Å²) >= 11 is 0. The highest BCUT2D eigenvalue weighted by molar-refractivity contribution is 5.85. The van der Waals surface area contributed by atoms with Crippen molar-refractivity contribution >= 4 is 30.7 Å². The summed E-state index contributed by atoms with van der Waals surface area (Å²) in [5, 5.41) is 3.08. The molecule has 1 amide bonds. The standard InChI is InChI=1S/C19H31N3O2.2ClH/c1-3-22(4-2)17(15-8-6-5-7-9-15)14-21-19(23)18(20)16-10-12-24-13-11-16;;/h5-9,16-18H,3-4,10-14,20H2,1-2H3,(H,21,23);2*1H. The first-order valence-corrected chi connectivity index (χ1v) is 9.07. The summed E-state index contributed by atoms with van der Waals surface area (Å²) in [7, 11) is 0. The number of benzene rings is 1. The van der Waals surface area contributed by atoms with E-state index in [1.807, 2.05) is 18.2 Å². The van der Waals surface area contributed by atoms with Gasteiger partial charge in [0.15, 0.2) is 0 Å². The highest BCUT2D eigenvalue weighted by Gasteiger charge is 2.27. The monoisotopic (exact) mass is 405 g/mol. The number of carbonyl (C=O) groups excluding carboxylic acids is 1. The number of hydrogen-bond donors (Lipinski definition) is 2. The molecule has 1 aliphatic heterocycles. The third-order valence-corrected chi connectivity index (χ3v) is 4.98. The van der Waals surface area contributed by atoms with Crippen molar-refractivity contribution in [1.29, 1.82) is 0 Å². The fourth-order valence-electron chi connectivity index (χ4n) is 3.40. The van der Waals surface area contributed by atoms with Crippen molar-refractivity contribution in [2.75, 3.05) is 32.8 Å². The molecule has 150 valence electrons. The number of amides is 1. The Bertz CT molecular complexity index is 495. The van der Waals surface area contributed by atoms with Crippen LogP contribution >= 0.6 is 24.8 Å². The van der Waals surface area contributed by atoms with Gasteiger partial charge >= 0.3 is 0 Å². The summed E-state index contributed by atoms with van der Waals surface area (Å²) in [6, 6.07) is 10.1. The van der Waals surface area contributed by atoms with Crippen molar-refractivity contribution in [3.63, 3.8) is 0 Å². The Hall–Kier alpha value is -0.850. The van der Waals surface area contributed by atoms with Crippen LogP contribution in [0.5, 0.6) is 0 Å². The molecule has 1 aromatic carbocycles. The van der Waals surface area contributed by atoms with Crippen LogP contribution in [0.15, 0.2) is 30.3 Å². The van der Waals surface area contributed by atoms with Crippen LogP contribution in [0.4, 0.5) is 0 Å². The third-order valence-electron chi connectivity index (χ3n) is 4.98. The van der Waals surface area contributed by atoms with Gasteiger partial charge in [-0.1, -0.05) is 44.2 Å². The summed E-state index contributed by atoms with van der Waals surface area (Å²) in [4.78, 5) is 14.8. The van der Waals surface area contributed by atoms with Crippen molar-refractivity contribution in [2.45, 2.75) is 38.8 Å². The smallest absolute Gasteiger partial charge is 0.237 e. The Kier molecular flexibility index (Phi) is 12.9. The van der Waals surface area contributed by atoms with Crippen molar-refractivity contribution in [3.8, 4) is 0 Å². The second-order valence-corrected chi connectivity index (χ2v) is 6.37. The lowest BCUT2D eigenvalue weighted by molar-refractivity contribution is -0.124. The molecule has 1 aliphatic rings. The Labute approximate surface area is 169 Å². The van der Waals surface area contributed by atoms with Crippen LogP contribution in [-0.4, -0.2) is 49.7 Å². The topological polar surface area (TPSA) is 67.6 Å². The van der Waals surface area contributed by atoms with Crippen molar-refractivity contribution < 1.29 is 9.53 Å². The Morgan fingerprint density at radius 1 is 1.19 bits per heavy atom. The van der Waals surface area contributed by atoms with E-state index in [9.17, 15) is 4.79 Å². The van der Waals surface area contributed by atoms with E-state index in [1.165, 1.54) is 5.56 Å². The minimum absolute atomic E-state index is 0. The van der Waals surface area contributed by atoms with Crippen LogP contribution in [0.3, 0.4) is 0 Å². The minimum Gasteiger partial charge on any atom is -0.381 e. The molecule has 0 spiro atoms. The van der Waals surface area contributed by atoms with Crippen LogP contribution < -0.4 is 11.1 Å². The van der Waals surface area contributed by atoms with Gasteiger partial charge in [0.25, 0.3) is 0 Å². The van der Waals surface area contributed by atoms with Crippen LogP contribution in [0.2, 0.25) is 0 Å². The molecular formula is C19H33Cl2N3O2. The number of hydrogen-bond acceptors (Lipinski definition) is 4. The first-order chi connectivity index (χ1) is 11.7. The molecule has 0 aromatic heterocycles. The quantitative estimate of drug-likeness (QED) is 0.697. The van der Waals surface area contributed by atoms with Gasteiger partial charge in [0.2, 0.25) is 5.91 Å². The number of halogens is 2. The number of nitrogens with one attached hydrogen (secondary N) is 1. The maximum Gasteiger partial charge on any atom is 0.237 e. The number of ether oxygens (including phenoxy) is 1. The Morgan fingerprint density at radius 3 is 2.31 bits per heavy atom. The fraction of sp³-hybridized carbons (Fsp3) is 0.632.